The molecule has 1 aliphatic carbocycles. The van der Waals surface area contributed by atoms with Crippen molar-refractivity contribution >= 4 is 5.91 Å². The van der Waals surface area contributed by atoms with Crippen LogP contribution in [0.2, 0.25) is 0 Å². The number of hydrogen-bond donors (Lipinski definition) is 3. The summed E-state index contributed by atoms with van der Waals surface area (Å²) in [4.78, 5) is 14.1. The monoisotopic (exact) mass is 265 g/mol. The number of aromatic hydroxyl groups is 2. The fourth-order valence-electron chi connectivity index (χ4n) is 2.24. The SMILES string of the molecule is O=C(c1cc(O)ccc1O)N(CCCO)C1CCC1. The zero-order valence-corrected chi connectivity index (χ0v) is 10.7. The zero-order chi connectivity index (χ0) is 13.8. The van der Waals surface area contributed by atoms with E-state index in [0.29, 0.717) is 13.0 Å². The van der Waals surface area contributed by atoms with Gasteiger partial charge in [-0.15, -0.1) is 0 Å². The predicted octanol–water partition coefficient (Wildman–Crippen LogP) is 1.47. The predicted molar refractivity (Wildman–Crippen MR) is 70.1 cm³/mol. The van der Waals surface area contributed by atoms with Crippen LogP contribution in [0, 0.1) is 0 Å². The smallest absolute Gasteiger partial charge is 0.257 e. The van der Waals surface area contributed by atoms with Crippen LogP contribution in [0.25, 0.3) is 0 Å². The number of carbonyl (C=O) groups is 1. The van der Waals surface area contributed by atoms with E-state index < -0.39 is 0 Å². The minimum Gasteiger partial charge on any atom is -0.508 e. The Kier molecular flexibility index (Phi) is 4.27. The van der Waals surface area contributed by atoms with E-state index in [1.165, 1.54) is 18.2 Å². The standard InChI is InChI=1S/C14H19NO4/c16-8-2-7-15(10-3-1-4-10)14(19)12-9-11(17)5-6-13(12)18/h5-6,9-10,16-18H,1-4,7-8H2. The van der Waals surface area contributed by atoms with Crippen molar-refractivity contribution in [2.75, 3.05) is 13.2 Å². The van der Waals surface area contributed by atoms with E-state index in [0.717, 1.165) is 19.3 Å². The minimum absolute atomic E-state index is 0.0303. The van der Waals surface area contributed by atoms with E-state index >= 15 is 0 Å². The molecule has 104 valence electrons. The Labute approximate surface area is 112 Å². The van der Waals surface area contributed by atoms with Crippen LogP contribution in [0.4, 0.5) is 0 Å². The summed E-state index contributed by atoms with van der Waals surface area (Å²) in [6.07, 6.45) is 3.52. The molecule has 1 aromatic rings. The summed E-state index contributed by atoms with van der Waals surface area (Å²) in [5.74, 6) is -0.459. The van der Waals surface area contributed by atoms with Crippen molar-refractivity contribution in [1.82, 2.24) is 4.90 Å². The number of aliphatic hydroxyl groups excluding tert-OH is 1. The molecule has 1 aliphatic rings. The van der Waals surface area contributed by atoms with E-state index in [9.17, 15) is 15.0 Å². The van der Waals surface area contributed by atoms with Crippen LogP contribution in [0.1, 0.15) is 36.0 Å². The average Bonchev–Trinajstić information content (AvgIpc) is 2.34. The summed E-state index contributed by atoms with van der Waals surface area (Å²) in [5.41, 5.74) is 0.116. The normalized spacial score (nSPS) is 15.0. The second kappa shape index (κ2) is 5.93. The first kappa shape index (κ1) is 13.7. The molecule has 1 aromatic carbocycles. The number of rotatable bonds is 5. The highest BCUT2D eigenvalue weighted by Crippen LogP contribution is 2.29. The highest BCUT2D eigenvalue weighted by molar-refractivity contribution is 5.97. The molecule has 0 spiro atoms. The molecule has 1 amide bonds. The van der Waals surface area contributed by atoms with Gasteiger partial charge in [-0.2, -0.15) is 0 Å². The number of aliphatic hydroxyl groups is 1. The molecule has 5 nitrogen and oxygen atoms in total. The van der Waals surface area contributed by atoms with Gasteiger partial charge in [0.2, 0.25) is 0 Å². The number of amides is 1. The van der Waals surface area contributed by atoms with Crippen molar-refractivity contribution in [2.24, 2.45) is 0 Å². The molecular weight excluding hydrogens is 246 g/mol. The maximum atomic E-state index is 12.4. The van der Waals surface area contributed by atoms with Crippen LogP contribution >= 0.6 is 0 Å². The van der Waals surface area contributed by atoms with Gasteiger partial charge in [-0.3, -0.25) is 4.79 Å². The van der Waals surface area contributed by atoms with Crippen molar-refractivity contribution in [3.05, 3.63) is 23.8 Å². The number of carbonyl (C=O) groups excluding carboxylic acids is 1. The van der Waals surface area contributed by atoms with Gasteiger partial charge in [0.25, 0.3) is 5.91 Å². The second-order valence-corrected chi connectivity index (χ2v) is 4.86. The molecule has 0 aliphatic heterocycles. The van der Waals surface area contributed by atoms with Crippen molar-refractivity contribution in [2.45, 2.75) is 31.7 Å². The molecule has 0 heterocycles. The first-order valence-corrected chi connectivity index (χ1v) is 6.57. The van der Waals surface area contributed by atoms with Gasteiger partial charge in [-0.05, 0) is 43.9 Å². The number of benzene rings is 1. The Morgan fingerprint density at radius 1 is 1.32 bits per heavy atom. The summed E-state index contributed by atoms with van der Waals surface area (Å²) in [6, 6.07) is 4.12. The minimum atomic E-state index is -0.286. The van der Waals surface area contributed by atoms with Crippen molar-refractivity contribution in [3.8, 4) is 11.5 Å². The molecule has 5 heteroatoms. The summed E-state index contributed by atoms with van der Waals surface area (Å²) in [7, 11) is 0. The Balaban J connectivity index is 2.19. The van der Waals surface area contributed by atoms with Gasteiger partial charge >= 0.3 is 0 Å². The van der Waals surface area contributed by atoms with Crippen LogP contribution in [0.15, 0.2) is 18.2 Å². The van der Waals surface area contributed by atoms with Gasteiger partial charge in [0.05, 0.1) is 5.56 Å². The van der Waals surface area contributed by atoms with E-state index in [-0.39, 0.29) is 35.6 Å². The van der Waals surface area contributed by atoms with Crippen molar-refractivity contribution in [1.29, 1.82) is 0 Å². The summed E-state index contributed by atoms with van der Waals surface area (Å²) in [5, 5.41) is 28.1. The van der Waals surface area contributed by atoms with Gasteiger partial charge < -0.3 is 20.2 Å². The molecular formula is C14H19NO4. The summed E-state index contributed by atoms with van der Waals surface area (Å²) in [6.45, 7) is 0.498. The Morgan fingerprint density at radius 3 is 2.63 bits per heavy atom. The summed E-state index contributed by atoms with van der Waals surface area (Å²) < 4.78 is 0. The molecule has 0 atom stereocenters. The molecule has 0 saturated heterocycles. The lowest BCUT2D eigenvalue weighted by molar-refractivity contribution is 0.0559. The van der Waals surface area contributed by atoms with Crippen LogP contribution in [-0.2, 0) is 0 Å². The molecule has 0 bridgehead atoms. The highest BCUT2D eigenvalue weighted by Gasteiger charge is 2.30. The van der Waals surface area contributed by atoms with Gasteiger partial charge in [-0.25, -0.2) is 0 Å². The number of phenolic OH excluding ortho intramolecular Hbond substituents is 2. The fourth-order valence-corrected chi connectivity index (χ4v) is 2.24. The third kappa shape index (κ3) is 2.98. The Hall–Kier alpha value is -1.75. The van der Waals surface area contributed by atoms with Crippen LogP contribution in [0.3, 0.4) is 0 Å². The van der Waals surface area contributed by atoms with Crippen molar-refractivity contribution in [3.63, 3.8) is 0 Å². The molecule has 2 rings (SSSR count). The first-order valence-electron chi connectivity index (χ1n) is 6.57. The number of hydrogen-bond acceptors (Lipinski definition) is 4. The second-order valence-electron chi connectivity index (χ2n) is 4.86. The highest BCUT2D eigenvalue weighted by atomic mass is 16.3. The number of nitrogens with zero attached hydrogens (tertiary/aromatic N) is 1. The molecule has 3 N–H and O–H groups in total. The topological polar surface area (TPSA) is 81.0 Å². The molecule has 1 saturated carbocycles. The van der Waals surface area contributed by atoms with Gasteiger partial charge in [0, 0.05) is 19.2 Å². The Bertz CT molecular complexity index is 457. The molecule has 0 radical (unpaired) electrons. The van der Waals surface area contributed by atoms with Gasteiger partial charge in [0.1, 0.15) is 11.5 Å². The van der Waals surface area contributed by atoms with E-state index in [1.807, 2.05) is 0 Å². The van der Waals surface area contributed by atoms with E-state index in [4.69, 9.17) is 5.11 Å². The summed E-state index contributed by atoms with van der Waals surface area (Å²) >= 11 is 0. The van der Waals surface area contributed by atoms with Gasteiger partial charge in [-0.1, -0.05) is 0 Å². The van der Waals surface area contributed by atoms with E-state index in [1.54, 1.807) is 4.90 Å². The third-order valence-electron chi connectivity index (χ3n) is 3.54. The molecule has 0 unspecified atom stereocenters. The maximum absolute atomic E-state index is 12.4. The van der Waals surface area contributed by atoms with Crippen LogP contribution in [0.5, 0.6) is 11.5 Å². The van der Waals surface area contributed by atoms with Crippen molar-refractivity contribution < 1.29 is 20.1 Å². The molecule has 0 aromatic heterocycles. The number of phenols is 2. The third-order valence-corrected chi connectivity index (χ3v) is 3.54. The van der Waals surface area contributed by atoms with Crippen LogP contribution < -0.4 is 0 Å². The lowest BCUT2D eigenvalue weighted by Gasteiger charge is -2.37. The fraction of sp³-hybridized carbons (Fsp3) is 0.500. The first-order chi connectivity index (χ1) is 9.13. The zero-order valence-electron chi connectivity index (χ0n) is 10.7. The lowest BCUT2D eigenvalue weighted by atomic mass is 9.90. The van der Waals surface area contributed by atoms with Gasteiger partial charge in [0.15, 0.2) is 0 Å². The molecule has 19 heavy (non-hydrogen) atoms. The van der Waals surface area contributed by atoms with E-state index in [2.05, 4.69) is 0 Å². The lowest BCUT2D eigenvalue weighted by Crippen LogP contribution is -2.45. The molecule has 1 fully saturated rings. The largest absolute Gasteiger partial charge is 0.508 e. The Morgan fingerprint density at radius 2 is 2.05 bits per heavy atom. The van der Waals surface area contributed by atoms with Crippen LogP contribution in [-0.4, -0.2) is 45.3 Å². The quantitative estimate of drug-likeness (QED) is 0.704. The maximum Gasteiger partial charge on any atom is 0.257 e. The average molecular weight is 265 g/mol.